The van der Waals surface area contributed by atoms with Crippen LogP contribution < -0.4 is 44.5 Å². The van der Waals surface area contributed by atoms with Gasteiger partial charge >= 0.3 is 24.7 Å². The molecular weight excluding hydrogens is 1390 g/mol. The van der Waals surface area contributed by atoms with E-state index in [1.165, 1.54) is 72.8 Å². The van der Waals surface area contributed by atoms with Crippen molar-refractivity contribution in [2.75, 3.05) is 36.1 Å². The Morgan fingerprint density at radius 3 is 1.57 bits per heavy atom. The lowest BCUT2D eigenvalue weighted by Gasteiger charge is -2.34. The number of nitrogens with two attached hydrogens (primary N) is 4. The van der Waals surface area contributed by atoms with Crippen LogP contribution in [-0.4, -0.2) is 137 Å². The second-order valence-electron chi connectivity index (χ2n) is 17.1. The number of aromatic amines is 2. The first-order valence-electron chi connectivity index (χ1n) is 24.4. The number of aromatic nitrogens is 12. The molecule has 14 N–H and O–H groups in total. The summed E-state index contributed by atoms with van der Waals surface area (Å²) in [5, 5.41) is 38.2. The number of fused-ring (bicyclic) bond motifs is 3. The van der Waals surface area contributed by atoms with Crippen molar-refractivity contribution in [2.45, 2.75) is 13.0 Å². The molecule has 0 radical (unpaired) electrons. The van der Waals surface area contributed by atoms with Crippen LogP contribution in [0.2, 0.25) is 51.8 Å². The van der Waals surface area contributed by atoms with Gasteiger partial charge in [0.15, 0.2) is 11.3 Å². The van der Waals surface area contributed by atoms with Gasteiger partial charge < -0.3 is 52.8 Å². The van der Waals surface area contributed by atoms with E-state index >= 15 is 0 Å². The van der Waals surface area contributed by atoms with Crippen LogP contribution in [0, 0.1) is 0 Å². The number of hydrogen-bond acceptors (Lipinski definition) is 22. The van der Waals surface area contributed by atoms with Gasteiger partial charge in [-0.05, 0) is 121 Å². The number of nitrogen functional groups attached to an aromatic ring is 2. The topological polar surface area (TPSA) is 460 Å². The van der Waals surface area contributed by atoms with Crippen LogP contribution in [0.1, 0.15) is 48.4 Å². The number of ether oxygens (including phenoxy) is 1. The second kappa shape index (κ2) is 34.2. The highest BCUT2D eigenvalue weighted by Crippen LogP contribution is 2.28. The van der Waals surface area contributed by atoms with Crippen molar-refractivity contribution in [2.24, 2.45) is 11.5 Å². The van der Waals surface area contributed by atoms with Crippen LogP contribution in [0.15, 0.2) is 107 Å². The number of morpholine rings is 1. The Hall–Kier alpha value is -8.14. The number of carboxylic acids is 2. The lowest BCUT2D eigenvalue weighted by molar-refractivity contribution is 0.0686. The SMILES string of the molecule is C[C@H]1COCCN1c1nc(Cl)nc2nc(Cl)ccc12.Clc1ccc2c(Cl)nc(Cl)nc2n1.NC(=O)c1ccc(Cl)nc1N.NC(=O)c1cccc(B(O)O)c1.Nc1nc(Cl)ccc1C(=O)O.O=C(O)c1ccc(Cl)nc1Cl.O=c1[nH]c(=O)c2ccc(Cl)nc2[nH]1. The smallest absolute Gasteiger partial charge is 0.478 e. The Bertz CT molecular complexity index is 4240. The molecule has 1 aliphatic rings. The molecule has 10 aromatic rings. The highest BCUT2D eigenvalue weighted by atomic mass is 35.5. The third-order valence-corrected chi connectivity index (χ3v) is 13.1. The number of primary amides is 2. The van der Waals surface area contributed by atoms with Crippen LogP contribution in [0.4, 0.5) is 17.5 Å². The third kappa shape index (κ3) is 21.8. The molecule has 39 heteroatoms. The first kappa shape index (κ1) is 72.6. The molecular formula is C51H40BCl10N17O11. The minimum atomic E-state index is -1.57. The van der Waals surface area contributed by atoms with Crippen LogP contribution in [0.3, 0.4) is 0 Å². The lowest BCUT2D eigenvalue weighted by atomic mass is 9.79. The summed E-state index contributed by atoms with van der Waals surface area (Å²) in [5.41, 5.74) is 21.2. The van der Waals surface area contributed by atoms with Crippen molar-refractivity contribution in [3.63, 3.8) is 0 Å². The predicted molar refractivity (Wildman–Crippen MR) is 344 cm³/mol. The monoisotopic (exact) mass is 1430 g/mol. The Morgan fingerprint density at radius 2 is 1.04 bits per heavy atom. The molecule has 11 rings (SSSR count). The van der Waals surface area contributed by atoms with Gasteiger partial charge in [-0.2, -0.15) is 15.0 Å². The number of aromatic carboxylic acids is 2. The summed E-state index contributed by atoms with van der Waals surface area (Å²) in [6.45, 7) is 4.20. The van der Waals surface area contributed by atoms with Gasteiger partial charge in [-0.25, -0.2) is 49.3 Å². The molecule has 0 saturated carbocycles. The molecule has 9 aromatic heterocycles. The zero-order valence-electron chi connectivity index (χ0n) is 45.2. The molecule has 0 unspecified atom stereocenters. The van der Waals surface area contributed by atoms with Crippen LogP contribution in [-0.2, 0) is 4.74 Å². The maximum absolute atomic E-state index is 11.2. The van der Waals surface area contributed by atoms with Crippen molar-refractivity contribution in [1.82, 2.24) is 59.8 Å². The number of carbonyl (C=O) groups excluding carboxylic acids is 2. The van der Waals surface area contributed by atoms with Gasteiger partial charge in [-0.15, -0.1) is 0 Å². The van der Waals surface area contributed by atoms with E-state index in [2.05, 4.69) is 71.6 Å². The number of hydrogen-bond donors (Lipinski definition) is 10. The van der Waals surface area contributed by atoms with Crippen molar-refractivity contribution < 1.29 is 44.2 Å². The third-order valence-electron chi connectivity index (χ3n) is 10.9. The first-order chi connectivity index (χ1) is 42.4. The van der Waals surface area contributed by atoms with E-state index in [9.17, 15) is 28.8 Å². The first-order valence-corrected chi connectivity index (χ1v) is 28.2. The molecule has 1 saturated heterocycles. The molecule has 2 amide bonds. The predicted octanol–water partition coefficient (Wildman–Crippen LogP) is 7.79. The molecule has 0 bridgehead atoms. The number of anilines is 3. The number of carbonyl (C=O) groups is 4. The average molecular weight is 1430 g/mol. The molecule has 1 atom stereocenters. The van der Waals surface area contributed by atoms with E-state index in [4.69, 9.17) is 164 Å². The normalized spacial score (nSPS) is 12.1. The highest BCUT2D eigenvalue weighted by molar-refractivity contribution is 6.58. The Kier molecular flexibility index (Phi) is 27.6. The van der Waals surface area contributed by atoms with Gasteiger partial charge in [0.2, 0.25) is 16.5 Å². The summed E-state index contributed by atoms with van der Waals surface area (Å²) in [6, 6.07) is 24.3. The molecule has 1 aliphatic heterocycles. The van der Waals surface area contributed by atoms with Gasteiger partial charge in [0.05, 0.1) is 46.5 Å². The van der Waals surface area contributed by atoms with Crippen LogP contribution >= 0.6 is 116 Å². The largest absolute Gasteiger partial charge is 0.488 e. The number of benzene rings is 1. The van der Waals surface area contributed by atoms with E-state index in [-0.39, 0.29) is 92.5 Å². The van der Waals surface area contributed by atoms with Gasteiger partial charge in [0.25, 0.3) is 11.5 Å². The molecule has 1 aromatic carbocycles. The standard InChI is InChI=1S/C12H12Cl2N4O.C7H8BNO3.C7H2Cl3N3.C7H4ClN3O2.C6H3Cl2NO2.C6H6ClN3O.C6H5ClN2O2/c1-7-6-19-5-4-18(7)11-8-2-3-9(13)15-10(8)16-12(14)17-11;9-7(10)5-2-1-3-6(4-5)8(11)12;8-4-2-1-3-5(9)12-7(10)13-6(3)11-4;8-4-2-1-3-5(9-4)10-7(13)11-6(3)12;7-4-2-1-3(6(10)11)5(8)9-4;7-4-2-1-3(6(9)11)5(8)10-4;7-4-2-1-3(6(10)11)5(8)9-4/h2-3,7H,4-6H2,1H3;1-4,11-12H,(H2,9,10);1-2H;1-2H,(H2,9,10,11,12,13);1-2H,(H,10,11);1-2H,(H2,8,10)(H2,9,11);1-2H,(H2,8,9)(H,10,11)/t7-;;;;;;/m0....../s1. The summed E-state index contributed by atoms with van der Waals surface area (Å²) in [4.78, 5) is 109. The van der Waals surface area contributed by atoms with E-state index in [0.717, 1.165) is 17.7 Å². The Balaban J connectivity index is 0.000000193. The molecule has 0 spiro atoms. The van der Waals surface area contributed by atoms with E-state index in [1.807, 2.05) is 6.07 Å². The molecule has 1 fully saturated rings. The molecule has 468 valence electrons. The summed E-state index contributed by atoms with van der Waals surface area (Å²) in [6.07, 6.45) is 0. The van der Waals surface area contributed by atoms with Crippen molar-refractivity contribution in [1.29, 1.82) is 0 Å². The highest BCUT2D eigenvalue weighted by Gasteiger charge is 2.24. The van der Waals surface area contributed by atoms with Gasteiger partial charge in [0, 0.05) is 12.1 Å². The lowest BCUT2D eigenvalue weighted by Crippen LogP contribution is -2.44. The van der Waals surface area contributed by atoms with E-state index < -0.39 is 42.1 Å². The van der Waals surface area contributed by atoms with E-state index in [0.29, 0.717) is 45.6 Å². The number of carboxylic acid groups (broad SMARTS) is 2. The Labute approximate surface area is 555 Å². The summed E-state index contributed by atoms with van der Waals surface area (Å²) < 4.78 is 5.44. The number of H-pyrrole nitrogens is 2. The number of pyridine rings is 6. The summed E-state index contributed by atoms with van der Waals surface area (Å²) >= 11 is 56.3. The average Bonchev–Trinajstić information content (AvgIpc) is 1.04. The zero-order chi connectivity index (χ0) is 66.7. The van der Waals surface area contributed by atoms with Gasteiger partial charge in [-0.1, -0.05) is 105 Å². The van der Waals surface area contributed by atoms with Crippen LogP contribution in [0.5, 0.6) is 0 Å². The number of nitrogens with zero attached hydrogens (tertiary/aromatic N) is 11. The Morgan fingerprint density at radius 1 is 0.556 bits per heavy atom. The van der Waals surface area contributed by atoms with Gasteiger partial charge in [-0.3, -0.25) is 24.4 Å². The fourth-order valence-corrected chi connectivity index (χ4v) is 8.63. The number of amides is 2. The molecule has 10 heterocycles. The minimum Gasteiger partial charge on any atom is -0.478 e. The van der Waals surface area contributed by atoms with Crippen molar-refractivity contribution in [3.8, 4) is 0 Å². The van der Waals surface area contributed by atoms with Crippen LogP contribution in [0.25, 0.3) is 33.1 Å². The zero-order valence-corrected chi connectivity index (χ0v) is 52.7. The second-order valence-corrected chi connectivity index (χ2v) is 20.8. The number of halogens is 10. The number of rotatable bonds is 6. The van der Waals surface area contributed by atoms with Crippen molar-refractivity contribution >= 4 is 203 Å². The van der Waals surface area contributed by atoms with Gasteiger partial charge in [0.1, 0.15) is 69.9 Å². The minimum absolute atomic E-state index is 0.0330. The van der Waals surface area contributed by atoms with Crippen molar-refractivity contribution in [3.05, 3.63) is 192 Å². The maximum Gasteiger partial charge on any atom is 0.488 e. The fourth-order valence-electron chi connectivity index (χ4n) is 6.87. The molecule has 28 nitrogen and oxygen atoms in total. The van der Waals surface area contributed by atoms with E-state index in [1.54, 1.807) is 18.2 Å². The summed E-state index contributed by atoms with van der Waals surface area (Å²) in [5.74, 6) is -2.63. The quantitative estimate of drug-likeness (QED) is 0.0328. The molecule has 0 aliphatic carbocycles. The maximum atomic E-state index is 11.2. The number of nitrogens with one attached hydrogen (secondary N) is 2. The fraction of sp³-hybridized carbons (Fsp3) is 0.0980. The summed E-state index contributed by atoms with van der Waals surface area (Å²) in [7, 11) is -1.57. The molecule has 90 heavy (non-hydrogen) atoms.